The Morgan fingerprint density at radius 2 is 2.38 bits per heavy atom. The Bertz CT molecular complexity index is 480. The lowest BCUT2D eigenvalue weighted by atomic mass is 10.1. The molecule has 1 aromatic rings. The molecule has 1 saturated heterocycles. The SMILES string of the molecule is N[C@@H]1C[C@H](n2ccc(=O)[nH]c2=O)O[C@@H]1CO. The maximum absolute atomic E-state index is 11.5. The van der Waals surface area contributed by atoms with Gasteiger partial charge in [-0.25, -0.2) is 4.79 Å². The van der Waals surface area contributed by atoms with Crippen molar-refractivity contribution < 1.29 is 9.84 Å². The van der Waals surface area contributed by atoms with Gasteiger partial charge < -0.3 is 15.6 Å². The van der Waals surface area contributed by atoms with Crippen LogP contribution in [0.25, 0.3) is 0 Å². The second kappa shape index (κ2) is 4.20. The van der Waals surface area contributed by atoms with E-state index in [-0.39, 0.29) is 12.6 Å². The van der Waals surface area contributed by atoms with E-state index in [1.165, 1.54) is 16.8 Å². The molecule has 0 saturated carbocycles. The Kier molecular flexibility index (Phi) is 2.90. The van der Waals surface area contributed by atoms with E-state index in [1.54, 1.807) is 0 Å². The van der Waals surface area contributed by atoms with E-state index in [4.69, 9.17) is 15.6 Å². The van der Waals surface area contributed by atoms with Crippen LogP contribution in [0, 0.1) is 0 Å². The van der Waals surface area contributed by atoms with E-state index in [0.29, 0.717) is 6.42 Å². The monoisotopic (exact) mass is 227 g/mol. The van der Waals surface area contributed by atoms with Crippen molar-refractivity contribution in [1.82, 2.24) is 9.55 Å². The fourth-order valence-corrected chi connectivity index (χ4v) is 1.75. The van der Waals surface area contributed by atoms with Gasteiger partial charge in [-0.15, -0.1) is 0 Å². The molecule has 0 aromatic carbocycles. The van der Waals surface area contributed by atoms with Crippen LogP contribution in [-0.2, 0) is 4.74 Å². The minimum Gasteiger partial charge on any atom is -0.394 e. The second-order valence-corrected chi connectivity index (χ2v) is 3.73. The Balaban J connectivity index is 2.27. The summed E-state index contributed by atoms with van der Waals surface area (Å²) in [6.07, 6.45) is 0.787. The molecule has 1 aliphatic heterocycles. The number of aromatic amines is 1. The Hall–Kier alpha value is -1.44. The number of ether oxygens (including phenoxy) is 1. The van der Waals surface area contributed by atoms with Crippen LogP contribution in [0.1, 0.15) is 12.6 Å². The third-order valence-electron chi connectivity index (χ3n) is 2.62. The van der Waals surface area contributed by atoms with Crippen LogP contribution >= 0.6 is 0 Å². The molecule has 88 valence electrons. The van der Waals surface area contributed by atoms with Crippen molar-refractivity contribution in [3.63, 3.8) is 0 Å². The molecule has 2 heterocycles. The fraction of sp³-hybridized carbons (Fsp3) is 0.556. The molecule has 0 aliphatic carbocycles. The van der Waals surface area contributed by atoms with E-state index in [9.17, 15) is 9.59 Å². The Morgan fingerprint density at radius 1 is 1.62 bits per heavy atom. The average molecular weight is 227 g/mol. The van der Waals surface area contributed by atoms with Crippen molar-refractivity contribution in [3.05, 3.63) is 33.1 Å². The minimum atomic E-state index is -0.539. The standard InChI is InChI=1S/C9H13N3O4/c10-5-3-8(16-6(5)4-13)12-2-1-7(14)11-9(12)15/h1-2,5-6,8,13H,3-4,10H2,(H,11,14,15)/t5-,6-,8-/m1/s1. The first kappa shape index (κ1) is 11.1. The number of rotatable bonds is 2. The van der Waals surface area contributed by atoms with Gasteiger partial charge in [0.15, 0.2) is 0 Å². The molecular formula is C9H13N3O4. The number of aromatic nitrogens is 2. The Labute approximate surface area is 90.5 Å². The number of aliphatic hydroxyl groups is 1. The molecule has 1 aromatic heterocycles. The van der Waals surface area contributed by atoms with Crippen molar-refractivity contribution in [2.75, 3.05) is 6.61 Å². The highest BCUT2D eigenvalue weighted by Crippen LogP contribution is 2.25. The van der Waals surface area contributed by atoms with E-state index < -0.39 is 23.6 Å². The van der Waals surface area contributed by atoms with Crippen molar-refractivity contribution in [3.8, 4) is 0 Å². The van der Waals surface area contributed by atoms with Gasteiger partial charge in [-0.3, -0.25) is 14.3 Å². The van der Waals surface area contributed by atoms with Gasteiger partial charge in [0, 0.05) is 24.7 Å². The van der Waals surface area contributed by atoms with E-state index >= 15 is 0 Å². The predicted octanol–water partition coefficient (Wildman–Crippen LogP) is -1.86. The topological polar surface area (TPSA) is 110 Å². The maximum Gasteiger partial charge on any atom is 0.330 e. The lowest BCUT2D eigenvalue weighted by molar-refractivity contribution is -0.0271. The molecule has 0 bridgehead atoms. The molecule has 2 rings (SSSR count). The maximum atomic E-state index is 11.5. The van der Waals surface area contributed by atoms with E-state index in [0.717, 1.165) is 0 Å². The molecule has 4 N–H and O–H groups in total. The fourth-order valence-electron chi connectivity index (χ4n) is 1.75. The van der Waals surface area contributed by atoms with Gasteiger partial charge in [0.05, 0.1) is 12.7 Å². The molecular weight excluding hydrogens is 214 g/mol. The van der Waals surface area contributed by atoms with Gasteiger partial charge in [0.25, 0.3) is 5.56 Å². The van der Waals surface area contributed by atoms with Gasteiger partial charge in [-0.05, 0) is 0 Å². The highest BCUT2D eigenvalue weighted by molar-refractivity contribution is 4.89. The number of nitrogens with zero attached hydrogens (tertiary/aromatic N) is 1. The normalized spacial score (nSPS) is 29.5. The van der Waals surface area contributed by atoms with Crippen LogP contribution in [0.5, 0.6) is 0 Å². The molecule has 0 unspecified atom stereocenters. The molecule has 0 radical (unpaired) electrons. The zero-order valence-electron chi connectivity index (χ0n) is 8.50. The van der Waals surface area contributed by atoms with Crippen LogP contribution in [0.15, 0.2) is 21.9 Å². The average Bonchev–Trinajstić information content (AvgIpc) is 2.59. The zero-order chi connectivity index (χ0) is 11.7. The van der Waals surface area contributed by atoms with Crippen LogP contribution in [0.4, 0.5) is 0 Å². The highest BCUT2D eigenvalue weighted by Gasteiger charge is 2.33. The smallest absolute Gasteiger partial charge is 0.330 e. The summed E-state index contributed by atoms with van der Waals surface area (Å²) >= 11 is 0. The third kappa shape index (κ3) is 1.92. The number of hydrogen-bond acceptors (Lipinski definition) is 5. The number of nitrogens with one attached hydrogen (secondary N) is 1. The van der Waals surface area contributed by atoms with Crippen LogP contribution in [-0.4, -0.2) is 33.4 Å². The van der Waals surface area contributed by atoms with Crippen LogP contribution in [0.3, 0.4) is 0 Å². The van der Waals surface area contributed by atoms with Gasteiger partial charge in [0.1, 0.15) is 6.23 Å². The quantitative estimate of drug-likeness (QED) is 0.549. The minimum absolute atomic E-state index is 0.185. The summed E-state index contributed by atoms with van der Waals surface area (Å²) in [5.74, 6) is 0. The van der Waals surface area contributed by atoms with E-state index in [2.05, 4.69) is 4.98 Å². The van der Waals surface area contributed by atoms with Crippen LogP contribution in [0.2, 0.25) is 0 Å². The van der Waals surface area contributed by atoms with Crippen molar-refractivity contribution >= 4 is 0 Å². The number of hydrogen-bond donors (Lipinski definition) is 3. The predicted molar refractivity (Wildman–Crippen MR) is 54.9 cm³/mol. The molecule has 0 amide bonds. The van der Waals surface area contributed by atoms with E-state index in [1.807, 2.05) is 0 Å². The van der Waals surface area contributed by atoms with Crippen LogP contribution < -0.4 is 17.0 Å². The summed E-state index contributed by atoms with van der Waals surface area (Å²) in [5, 5.41) is 8.96. The summed E-state index contributed by atoms with van der Waals surface area (Å²) in [4.78, 5) is 24.5. The molecule has 16 heavy (non-hydrogen) atoms. The summed E-state index contributed by atoms with van der Waals surface area (Å²) in [7, 11) is 0. The summed E-state index contributed by atoms with van der Waals surface area (Å²) in [5.41, 5.74) is 4.73. The van der Waals surface area contributed by atoms with Crippen molar-refractivity contribution in [2.45, 2.75) is 24.8 Å². The lowest BCUT2D eigenvalue weighted by Gasteiger charge is -2.13. The molecule has 3 atom stereocenters. The van der Waals surface area contributed by atoms with Gasteiger partial charge >= 0.3 is 5.69 Å². The highest BCUT2D eigenvalue weighted by atomic mass is 16.5. The van der Waals surface area contributed by atoms with Gasteiger partial charge in [-0.2, -0.15) is 0 Å². The molecule has 7 nitrogen and oxygen atoms in total. The second-order valence-electron chi connectivity index (χ2n) is 3.73. The lowest BCUT2D eigenvalue weighted by Crippen LogP contribution is -2.32. The molecule has 7 heteroatoms. The molecule has 1 aliphatic rings. The van der Waals surface area contributed by atoms with Crippen molar-refractivity contribution in [2.24, 2.45) is 5.73 Å². The summed E-state index contributed by atoms with van der Waals surface area (Å²) in [6, 6.07) is 0.927. The van der Waals surface area contributed by atoms with Crippen molar-refractivity contribution in [1.29, 1.82) is 0 Å². The number of aliphatic hydroxyl groups excluding tert-OH is 1. The summed E-state index contributed by atoms with van der Waals surface area (Å²) in [6.45, 7) is -0.185. The number of H-pyrrole nitrogens is 1. The number of nitrogens with two attached hydrogens (primary N) is 1. The van der Waals surface area contributed by atoms with Gasteiger partial charge in [-0.1, -0.05) is 0 Å². The molecule has 0 spiro atoms. The zero-order valence-corrected chi connectivity index (χ0v) is 8.50. The Morgan fingerprint density at radius 3 is 2.94 bits per heavy atom. The molecule has 1 fully saturated rings. The first-order chi connectivity index (χ1) is 7.61. The largest absolute Gasteiger partial charge is 0.394 e. The van der Waals surface area contributed by atoms with Gasteiger partial charge in [0.2, 0.25) is 0 Å². The first-order valence-electron chi connectivity index (χ1n) is 4.95. The summed E-state index contributed by atoms with van der Waals surface area (Å²) < 4.78 is 6.66. The third-order valence-corrected chi connectivity index (χ3v) is 2.62. The first-order valence-corrected chi connectivity index (χ1v) is 4.95.